The van der Waals surface area contributed by atoms with Crippen molar-refractivity contribution in [3.8, 4) is 5.88 Å². The van der Waals surface area contributed by atoms with Crippen LogP contribution in [0.15, 0.2) is 24.4 Å². The molecule has 10 heteroatoms. The number of hydrogen-bond acceptors (Lipinski definition) is 6. The minimum atomic E-state index is -4.48. The molecule has 1 amide bonds. The fourth-order valence-corrected chi connectivity index (χ4v) is 2.29. The molecule has 0 saturated carbocycles. The summed E-state index contributed by atoms with van der Waals surface area (Å²) in [4.78, 5) is 36.5. The molecule has 2 rings (SSSR count). The second kappa shape index (κ2) is 9.64. The lowest BCUT2D eigenvalue weighted by Crippen LogP contribution is -2.31. The third-order valence-corrected chi connectivity index (χ3v) is 4.12. The number of carbonyl (C=O) groups excluding carboxylic acids is 2. The number of halogens is 3. The Morgan fingerprint density at radius 1 is 1.17 bits per heavy atom. The first kappa shape index (κ1) is 23.2. The van der Waals surface area contributed by atoms with Gasteiger partial charge in [-0.3, -0.25) is 9.59 Å². The summed E-state index contributed by atoms with van der Waals surface area (Å²) < 4.78 is 42.3. The number of carbonyl (C=O) groups is 2. The van der Waals surface area contributed by atoms with Gasteiger partial charge in [-0.2, -0.15) is 13.2 Å². The Kier molecular flexibility index (Phi) is 7.47. The fraction of sp³-hybridized carbons (Fsp3) is 0.450. The minimum absolute atomic E-state index is 0.0276. The highest BCUT2D eigenvalue weighted by Gasteiger charge is 2.38. The molecule has 0 unspecified atom stereocenters. The van der Waals surface area contributed by atoms with E-state index in [2.05, 4.69) is 20.3 Å². The zero-order valence-electron chi connectivity index (χ0n) is 17.1. The average Bonchev–Trinajstić information content (AvgIpc) is 2.65. The number of nitrogens with one attached hydrogen (secondary N) is 1. The topological polar surface area (TPSA) is 94.1 Å². The van der Waals surface area contributed by atoms with E-state index >= 15 is 0 Å². The van der Waals surface area contributed by atoms with Crippen molar-refractivity contribution in [1.29, 1.82) is 0 Å². The van der Waals surface area contributed by atoms with Crippen molar-refractivity contribution in [3.05, 3.63) is 47.2 Å². The maximum Gasteiger partial charge on any atom is 0.425 e. The number of aryl methyl sites for hydroxylation is 1. The average molecular weight is 424 g/mol. The van der Waals surface area contributed by atoms with Crippen molar-refractivity contribution < 1.29 is 27.5 Å². The molecule has 162 valence electrons. The van der Waals surface area contributed by atoms with Gasteiger partial charge in [0, 0.05) is 30.4 Å². The van der Waals surface area contributed by atoms with E-state index in [0.717, 1.165) is 6.92 Å². The van der Waals surface area contributed by atoms with Crippen LogP contribution in [-0.4, -0.2) is 38.9 Å². The van der Waals surface area contributed by atoms with Crippen LogP contribution in [0.4, 0.5) is 13.2 Å². The van der Waals surface area contributed by atoms with Crippen LogP contribution in [0.3, 0.4) is 0 Å². The van der Waals surface area contributed by atoms with Crippen LogP contribution >= 0.6 is 0 Å². The normalized spacial score (nSPS) is 12.5. The van der Waals surface area contributed by atoms with Crippen molar-refractivity contribution in [1.82, 2.24) is 20.3 Å². The predicted molar refractivity (Wildman–Crippen MR) is 102 cm³/mol. The van der Waals surface area contributed by atoms with Gasteiger partial charge in [0.05, 0.1) is 6.42 Å². The van der Waals surface area contributed by atoms with E-state index in [1.54, 1.807) is 20.8 Å². The highest BCUT2D eigenvalue weighted by Crippen LogP contribution is 2.23. The van der Waals surface area contributed by atoms with Gasteiger partial charge < -0.3 is 10.1 Å². The molecule has 0 radical (unpaired) electrons. The van der Waals surface area contributed by atoms with Gasteiger partial charge in [0.1, 0.15) is 17.3 Å². The van der Waals surface area contributed by atoms with Gasteiger partial charge in [-0.25, -0.2) is 15.0 Å². The van der Waals surface area contributed by atoms with Crippen molar-refractivity contribution in [2.75, 3.05) is 0 Å². The second-order valence-electron chi connectivity index (χ2n) is 7.10. The zero-order chi connectivity index (χ0) is 22.5. The van der Waals surface area contributed by atoms with Crippen LogP contribution in [0.25, 0.3) is 0 Å². The second-order valence-corrected chi connectivity index (χ2v) is 7.10. The van der Waals surface area contributed by atoms with Crippen molar-refractivity contribution >= 4 is 11.7 Å². The molecule has 0 aliphatic rings. The number of alkyl halides is 3. The molecule has 30 heavy (non-hydrogen) atoms. The Bertz CT molecular complexity index is 899. The van der Waals surface area contributed by atoms with E-state index in [1.807, 2.05) is 0 Å². The molecule has 0 saturated heterocycles. The molecule has 7 nitrogen and oxygen atoms in total. The lowest BCUT2D eigenvalue weighted by atomic mass is 10.1. The summed E-state index contributed by atoms with van der Waals surface area (Å²) in [6, 6.07) is 4.31. The molecule has 2 aromatic heterocycles. The van der Waals surface area contributed by atoms with Crippen LogP contribution < -0.4 is 10.1 Å². The summed E-state index contributed by atoms with van der Waals surface area (Å²) in [5.74, 6) is -0.545. The number of nitrogens with zero attached hydrogens (tertiary/aromatic N) is 3. The third kappa shape index (κ3) is 6.78. The van der Waals surface area contributed by atoms with Crippen molar-refractivity contribution in [3.63, 3.8) is 0 Å². The summed E-state index contributed by atoms with van der Waals surface area (Å²) in [5.41, 5.74) is 1.25. The van der Waals surface area contributed by atoms with E-state index in [-0.39, 0.29) is 42.1 Å². The molecule has 2 heterocycles. The maximum atomic E-state index is 12.5. The highest BCUT2D eigenvalue weighted by atomic mass is 19.4. The first-order valence-electron chi connectivity index (χ1n) is 9.29. The molecular formula is C20H23F3N4O3. The summed E-state index contributed by atoms with van der Waals surface area (Å²) in [5, 5.41) is 2.66. The van der Waals surface area contributed by atoms with Crippen molar-refractivity contribution in [2.45, 2.75) is 52.9 Å². The van der Waals surface area contributed by atoms with Gasteiger partial charge in [0.25, 0.3) is 5.91 Å². The Morgan fingerprint density at radius 3 is 2.43 bits per heavy atom. The summed E-state index contributed by atoms with van der Waals surface area (Å²) in [6.07, 6.45) is -5.10. The molecule has 0 bridgehead atoms. The third-order valence-electron chi connectivity index (χ3n) is 4.12. The zero-order valence-corrected chi connectivity index (χ0v) is 17.1. The molecular weight excluding hydrogens is 401 g/mol. The van der Waals surface area contributed by atoms with Crippen LogP contribution in [0.1, 0.15) is 48.3 Å². The largest absolute Gasteiger partial charge is 0.465 e. The van der Waals surface area contributed by atoms with Crippen molar-refractivity contribution in [2.24, 2.45) is 5.92 Å². The van der Waals surface area contributed by atoms with E-state index in [0.29, 0.717) is 11.3 Å². The molecule has 2 aromatic rings. The summed E-state index contributed by atoms with van der Waals surface area (Å²) >= 11 is 0. The lowest BCUT2D eigenvalue weighted by Gasteiger charge is -2.16. The first-order valence-corrected chi connectivity index (χ1v) is 9.29. The Balaban J connectivity index is 1.98. The van der Waals surface area contributed by atoms with Gasteiger partial charge in [0.15, 0.2) is 6.10 Å². The monoisotopic (exact) mass is 424 g/mol. The molecule has 0 aliphatic heterocycles. The standard InChI is InChI=1S/C20H23F3N4O3/c1-11(2)16(28)8-17-26-12(3)7-15(27-17)19(29)25-10-14-5-6-18(24-9-14)30-13(4)20(21,22)23/h5-7,9,11,13H,8,10H2,1-4H3,(H,25,29)/t13-/m1/s1. The highest BCUT2D eigenvalue weighted by molar-refractivity contribution is 5.92. The molecule has 0 aromatic carbocycles. The van der Waals surface area contributed by atoms with Crippen LogP contribution in [0, 0.1) is 12.8 Å². The Hall–Kier alpha value is -3.04. The van der Waals surface area contributed by atoms with E-state index in [1.165, 1.54) is 24.4 Å². The van der Waals surface area contributed by atoms with Gasteiger partial charge in [-0.05, 0) is 25.5 Å². The number of amides is 1. The molecule has 1 atom stereocenters. The predicted octanol–water partition coefficient (Wildman–Crippen LogP) is 3.21. The van der Waals surface area contributed by atoms with E-state index in [9.17, 15) is 22.8 Å². The number of ketones is 1. The van der Waals surface area contributed by atoms with Crippen LogP contribution in [0.2, 0.25) is 0 Å². The molecule has 0 spiro atoms. The number of aromatic nitrogens is 3. The Morgan fingerprint density at radius 2 is 1.87 bits per heavy atom. The molecule has 1 N–H and O–H groups in total. The van der Waals surface area contributed by atoms with Gasteiger partial charge in [-0.1, -0.05) is 19.9 Å². The number of pyridine rings is 1. The number of ether oxygens (including phenoxy) is 1. The minimum Gasteiger partial charge on any atom is -0.465 e. The van der Waals surface area contributed by atoms with Gasteiger partial charge in [0.2, 0.25) is 5.88 Å². The summed E-state index contributed by atoms with van der Waals surface area (Å²) in [7, 11) is 0. The van der Waals surface area contributed by atoms with E-state index < -0.39 is 18.2 Å². The quantitative estimate of drug-likeness (QED) is 0.699. The first-order chi connectivity index (χ1) is 14.0. The smallest absolute Gasteiger partial charge is 0.425 e. The summed E-state index contributed by atoms with van der Waals surface area (Å²) in [6.45, 7) is 6.24. The van der Waals surface area contributed by atoms with Crippen LogP contribution in [0.5, 0.6) is 5.88 Å². The fourth-order valence-electron chi connectivity index (χ4n) is 2.29. The number of rotatable bonds is 8. The molecule has 0 aliphatic carbocycles. The Labute approximate surface area is 172 Å². The SMILES string of the molecule is Cc1cc(C(=O)NCc2ccc(O[C@H](C)C(F)(F)F)nc2)nc(CC(=O)C(C)C)n1. The lowest BCUT2D eigenvalue weighted by molar-refractivity contribution is -0.189. The maximum absolute atomic E-state index is 12.5. The van der Waals surface area contributed by atoms with Crippen LogP contribution in [-0.2, 0) is 17.8 Å². The van der Waals surface area contributed by atoms with Gasteiger partial charge >= 0.3 is 6.18 Å². The number of Topliss-reactive ketones (excluding diaryl/α,β-unsaturated/α-hetero) is 1. The number of hydrogen-bond donors (Lipinski definition) is 1. The van der Waals surface area contributed by atoms with Gasteiger partial charge in [-0.15, -0.1) is 0 Å². The molecule has 0 fully saturated rings. The van der Waals surface area contributed by atoms with E-state index in [4.69, 9.17) is 4.74 Å².